The van der Waals surface area contributed by atoms with Crippen molar-refractivity contribution in [1.82, 2.24) is 10.3 Å². The van der Waals surface area contributed by atoms with Crippen LogP contribution in [0.5, 0.6) is 0 Å². The highest BCUT2D eigenvalue weighted by Crippen LogP contribution is 2.23. The minimum Gasteiger partial charge on any atom is -0.366 e. The number of anilines is 1. The smallest absolute Gasteiger partial charge is 0.107 e. The first-order chi connectivity index (χ1) is 10.3. The van der Waals surface area contributed by atoms with Crippen LogP contribution in [0.1, 0.15) is 36.0 Å². The number of nitrogens with zero attached hydrogens (tertiary/aromatic N) is 2. The van der Waals surface area contributed by atoms with Crippen molar-refractivity contribution in [2.75, 3.05) is 11.4 Å². The van der Waals surface area contributed by atoms with E-state index >= 15 is 0 Å². The molecule has 2 aromatic rings. The van der Waals surface area contributed by atoms with Crippen LogP contribution in [-0.4, -0.2) is 17.6 Å². The Morgan fingerprint density at radius 3 is 2.86 bits per heavy atom. The van der Waals surface area contributed by atoms with Crippen LogP contribution in [0, 0.1) is 6.92 Å². The average molecular weight is 301 g/mol. The Morgan fingerprint density at radius 1 is 1.33 bits per heavy atom. The summed E-state index contributed by atoms with van der Waals surface area (Å²) in [5.41, 5.74) is 3.81. The van der Waals surface area contributed by atoms with Crippen LogP contribution >= 0.6 is 11.3 Å². The van der Waals surface area contributed by atoms with Gasteiger partial charge in [0, 0.05) is 30.2 Å². The number of thiazole rings is 1. The first-order valence-corrected chi connectivity index (χ1v) is 8.61. The lowest BCUT2D eigenvalue weighted by atomic mass is 10.2. The zero-order chi connectivity index (χ0) is 14.7. The number of benzene rings is 1. The Balaban J connectivity index is 1.64. The molecular weight excluding hydrogens is 278 g/mol. The number of rotatable bonds is 7. The van der Waals surface area contributed by atoms with Crippen molar-refractivity contribution in [1.29, 1.82) is 0 Å². The van der Waals surface area contributed by atoms with Gasteiger partial charge in [0.15, 0.2) is 0 Å². The van der Waals surface area contributed by atoms with E-state index in [1.165, 1.54) is 34.8 Å². The molecule has 0 radical (unpaired) electrons. The zero-order valence-electron chi connectivity index (χ0n) is 12.8. The molecule has 0 aliphatic heterocycles. The molecular formula is C17H23N3S. The molecule has 1 aromatic carbocycles. The average Bonchev–Trinajstić information content (AvgIpc) is 3.22. The van der Waals surface area contributed by atoms with Crippen molar-refractivity contribution < 1.29 is 0 Å². The van der Waals surface area contributed by atoms with Gasteiger partial charge in [-0.05, 0) is 38.3 Å². The van der Waals surface area contributed by atoms with E-state index in [0.29, 0.717) is 0 Å². The van der Waals surface area contributed by atoms with E-state index < -0.39 is 0 Å². The second-order valence-electron chi connectivity index (χ2n) is 5.69. The van der Waals surface area contributed by atoms with Gasteiger partial charge in [-0.25, -0.2) is 4.98 Å². The van der Waals surface area contributed by atoms with Crippen molar-refractivity contribution in [3.05, 3.63) is 45.9 Å². The summed E-state index contributed by atoms with van der Waals surface area (Å²) in [5.74, 6) is 0. The summed E-state index contributed by atoms with van der Waals surface area (Å²) >= 11 is 1.77. The maximum Gasteiger partial charge on any atom is 0.107 e. The first kappa shape index (κ1) is 14.5. The Hall–Kier alpha value is -1.39. The number of hydrogen-bond acceptors (Lipinski definition) is 4. The number of hydrogen-bond donors (Lipinski definition) is 1. The lowest BCUT2D eigenvalue weighted by molar-refractivity contribution is 0.681. The third-order valence-electron chi connectivity index (χ3n) is 3.91. The zero-order valence-corrected chi connectivity index (χ0v) is 13.6. The van der Waals surface area contributed by atoms with Crippen molar-refractivity contribution in [2.24, 2.45) is 0 Å². The number of nitrogens with one attached hydrogen (secondary N) is 1. The predicted octanol–water partition coefficient (Wildman–Crippen LogP) is 3.73. The predicted molar refractivity (Wildman–Crippen MR) is 89.9 cm³/mol. The Labute approximate surface area is 131 Å². The standard InChI is InChI=1S/C17H23N3S/c1-3-20(16-7-5-4-6-13(16)2)11-15-12-21-17(19-15)10-18-14-8-9-14/h4-7,12,14,18H,3,8-11H2,1-2H3. The van der Waals surface area contributed by atoms with Gasteiger partial charge in [-0.2, -0.15) is 0 Å². The second kappa shape index (κ2) is 6.58. The second-order valence-corrected chi connectivity index (χ2v) is 6.63. The minimum atomic E-state index is 0.747. The molecule has 1 aromatic heterocycles. The molecule has 0 atom stereocenters. The summed E-state index contributed by atoms with van der Waals surface area (Å²) < 4.78 is 0. The highest BCUT2D eigenvalue weighted by Gasteiger charge is 2.20. The van der Waals surface area contributed by atoms with Crippen molar-refractivity contribution in [3.8, 4) is 0 Å². The van der Waals surface area contributed by atoms with Crippen molar-refractivity contribution in [3.63, 3.8) is 0 Å². The normalized spacial score (nSPS) is 14.4. The van der Waals surface area contributed by atoms with Crippen molar-refractivity contribution >= 4 is 17.0 Å². The Morgan fingerprint density at radius 2 is 2.14 bits per heavy atom. The van der Waals surface area contributed by atoms with Gasteiger partial charge in [-0.3, -0.25) is 0 Å². The van der Waals surface area contributed by atoms with Crippen LogP contribution in [0.3, 0.4) is 0 Å². The number of aryl methyl sites for hydroxylation is 1. The molecule has 1 heterocycles. The van der Waals surface area contributed by atoms with Gasteiger partial charge in [-0.1, -0.05) is 18.2 Å². The molecule has 3 rings (SSSR count). The molecule has 0 bridgehead atoms. The monoisotopic (exact) mass is 301 g/mol. The fourth-order valence-corrected chi connectivity index (χ4v) is 3.24. The summed E-state index contributed by atoms with van der Waals surface area (Å²) in [4.78, 5) is 7.16. The third-order valence-corrected chi connectivity index (χ3v) is 4.81. The molecule has 0 unspecified atom stereocenters. The molecule has 1 N–H and O–H groups in total. The minimum absolute atomic E-state index is 0.747. The van der Waals surface area contributed by atoms with E-state index in [9.17, 15) is 0 Å². The summed E-state index contributed by atoms with van der Waals surface area (Å²) in [7, 11) is 0. The summed E-state index contributed by atoms with van der Waals surface area (Å²) in [6, 6.07) is 9.32. The first-order valence-electron chi connectivity index (χ1n) is 7.73. The van der Waals surface area contributed by atoms with Crippen LogP contribution < -0.4 is 10.2 Å². The molecule has 21 heavy (non-hydrogen) atoms. The SMILES string of the molecule is CCN(Cc1csc(CNC2CC2)n1)c1ccccc1C. The van der Waals surface area contributed by atoms with Crippen LogP contribution in [0.4, 0.5) is 5.69 Å². The molecule has 0 saturated heterocycles. The molecule has 0 amide bonds. The molecule has 4 heteroatoms. The molecule has 112 valence electrons. The number of aromatic nitrogens is 1. The molecule has 0 spiro atoms. The summed E-state index contributed by atoms with van der Waals surface area (Å²) in [6.07, 6.45) is 2.66. The van der Waals surface area contributed by atoms with Gasteiger partial charge in [0.25, 0.3) is 0 Å². The maximum atomic E-state index is 4.77. The van der Waals surface area contributed by atoms with Gasteiger partial charge in [0.2, 0.25) is 0 Å². The molecule has 3 nitrogen and oxygen atoms in total. The van der Waals surface area contributed by atoms with Gasteiger partial charge in [0.05, 0.1) is 12.2 Å². The quantitative estimate of drug-likeness (QED) is 0.844. The van der Waals surface area contributed by atoms with E-state index in [0.717, 1.165) is 25.7 Å². The van der Waals surface area contributed by atoms with Crippen LogP contribution in [-0.2, 0) is 13.1 Å². The summed E-state index contributed by atoms with van der Waals surface area (Å²) in [5, 5.41) is 6.93. The van der Waals surface area contributed by atoms with E-state index in [4.69, 9.17) is 4.98 Å². The van der Waals surface area contributed by atoms with Gasteiger partial charge in [0.1, 0.15) is 5.01 Å². The lowest BCUT2D eigenvalue weighted by Gasteiger charge is -2.24. The Kier molecular flexibility index (Phi) is 4.56. The van der Waals surface area contributed by atoms with Gasteiger partial charge < -0.3 is 10.2 Å². The Bertz CT molecular complexity index is 589. The third kappa shape index (κ3) is 3.83. The lowest BCUT2D eigenvalue weighted by Crippen LogP contribution is -2.23. The highest BCUT2D eigenvalue weighted by molar-refractivity contribution is 7.09. The van der Waals surface area contributed by atoms with Gasteiger partial charge >= 0.3 is 0 Å². The van der Waals surface area contributed by atoms with Crippen LogP contribution in [0.25, 0.3) is 0 Å². The van der Waals surface area contributed by atoms with Gasteiger partial charge in [-0.15, -0.1) is 11.3 Å². The van der Waals surface area contributed by atoms with Crippen LogP contribution in [0.2, 0.25) is 0 Å². The van der Waals surface area contributed by atoms with E-state index in [1.807, 2.05) is 0 Å². The largest absolute Gasteiger partial charge is 0.366 e. The molecule has 1 aliphatic rings. The topological polar surface area (TPSA) is 28.2 Å². The van der Waals surface area contributed by atoms with Crippen LogP contribution in [0.15, 0.2) is 29.6 Å². The van der Waals surface area contributed by atoms with E-state index in [2.05, 4.69) is 53.7 Å². The van der Waals surface area contributed by atoms with Crippen molar-refractivity contribution in [2.45, 2.75) is 45.8 Å². The van der Waals surface area contributed by atoms with E-state index in [1.54, 1.807) is 11.3 Å². The molecule has 1 saturated carbocycles. The fraction of sp³-hybridized carbons (Fsp3) is 0.471. The maximum absolute atomic E-state index is 4.77. The molecule has 1 aliphatic carbocycles. The van der Waals surface area contributed by atoms with E-state index in [-0.39, 0.29) is 0 Å². The molecule has 1 fully saturated rings. The number of para-hydroxylation sites is 1. The summed E-state index contributed by atoms with van der Waals surface area (Å²) in [6.45, 7) is 7.18. The fourth-order valence-electron chi connectivity index (χ4n) is 2.50. The highest BCUT2D eigenvalue weighted by atomic mass is 32.1.